The molecule has 0 N–H and O–H groups in total. The van der Waals surface area contributed by atoms with Crippen molar-refractivity contribution in [2.45, 2.75) is 13.5 Å². The minimum absolute atomic E-state index is 0.141. The van der Waals surface area contributed by atoms with Gasteiger partial charge < -0.3 is 0 Å². The van der Waals surface area contributed by atoms with Crippen molar-refractivity contribution in [3.8, 4) is 0 Å². The summed E-state index contributed by atoms with van der Waals surface area (Å²) in [5.41, 5.74) is 0.902. The third kappa shape index (κ3) is 2.37. The number of nitro groups is 1. The molecule has 0 unspecified atom stereocenters. The van der Waals surface area contributed by atoms with Gasteiger partial charge in [-0.2, -0.15) is 0 Å². The van der Waals surface area contributed by atoms with E-state index < -0.39 is 4.92 Å². The average molecular weight is 179 g/mol. The van der Waals surface area contributed by atoms with Gasteiger partial charge in [-0.15, -0.1) is 0 Å². The largest absolute Gasteiger partial charge is 0.294 e. The van der Waals surface area contributed by atoms with E-state index >= 15 is 0 Å². The molecule has 1 aromatic rings. The minimum atomic E-state index is -0.443. The maximum absolute atomic E-state index is 11.0. The summed E-state index contributed by atoms with van der Waals surface area (Å²) in [4.78, 5) is 20.8. The van der Waals surface area contributed by atoms with Gasteiger partial charge in [0.15, 0.2) is 5.78 Å². The third-order valence-corrected chi connectivity index (χ3v) is 1.70. The molecule has 0 aliphatic rings. The molecule has 4 nitrogen and oxygen atoms in total. The van der Waals surface area contributed by atoms with Gasteiger partial charge in [0.2, 0.25) is 6.54 Å². The molecular weight excluding hydrogens is 170 g/mol. The summed E-state index contributed by atoms with van der Waals surface area (Å²) >= 11 is 0. The van der Waals surface area contributed by atoms with Gasteiger partial charge >= 0.3 is 0 Å². The van der Waals surface area contributed by atoms with Gasteiger partial charge in [-0.25, -0.2) is 0 Å². The molecule has 1 rings (SSSR count). The Morgan fingerprint density at radius 1 is 1.46 bits per heavy atom. The number of hydrogen-bond donors (Lipinski definition) is 0. The molecule has 0 amide bonds. The van der Waals surface area contributed by atoms with Gasteiger partial charge in [0.25, 0.3) is 0 Å². The SMILES string of the molecule is CC(=O)c1ccccc1C[N+](=O)[O-]. The summed E-state index contributed by atoms with van der Waals surface area (Å²) in [7, 11) is 0. The van der Waals surface area contributed by atoms with E-state index in [0.29, 0.717) is 11.1 Å². The Labute approximate surface area is 75.3 Å². The van der Waals surface area contributed by atoms with Crippen molar-refractivity contribution in [3.05, 3.63) is 45.5 Å². The Balaban J connectivity index is 3.04. The van der Waals surface area contributed by atoms with E-state index in [1.54, 1.807) is 24.3 Å². The van der Waals surface area contributed by atoms with E-state index in [0.717, 1.165) is 0 Å². The van der Waals surface area contributed by atoms with Gasteiger partial charge in [-0.3, -0.25) is 14.9 Å². The fraction of sp³-hybridized carbons (Fsp3) is 0.222. The zero-order valence-corrected chi connectivity index (χ0v) is 7.19. The first-order valence-corrected chi connectivity index (χ1v) is 3.82. The van der Waals surface area contributed by atoms with Crippen molar-refractivity contribution < 1.29 is 9.72 Å². The van der Waals surface area contributed by atoms with Crippen LogP contribution in [0.15, 0.2) is 24.3 Å². The molecule has 0 aromatic heterocycles. The molecule has 0 heterocycles. The molecule has 0 radical (unpaired) electrons. The normalized spacial score (nSPS) is 9.62. The molecule has 0 saturated heterocycles. The van der Waals surface area contributed by atoms with Crippen molar-refractivity contribution in [1.82, 2.24) is 0 Å². The van der Waals surface area contributed by atoms with Crippen LogP contribution in [0.2, 0.25) is 0 Å². The third-order valence-electron chi connectivity index (χ3n) is 1.70. The number of ketones is 1. The maximum Gasteiger partial charge on any atom is 0.229 e. The molecule has 4 heteroatoms. The second-order valence-electron chi connectivity index (χ2n) is 2.70. The predicted molar refractivity (Wildman–Crippen MR) is 47.1 cm³/mol. The molecule has 0 saturated carbocycles. The highest BCUT2D eigenvalue weighted by Crippen LogP contribution is 2.10. The summed E-state index contributed by atoms with van der Waals surface area (Å²) in [6.07, 6.45) is 0. The molecular formula is C9H9NO3. The van der Waals surface area contributed by atoms with Gasteiger partial charge in [0.05, 0.1) is 0 Å². The van der Waals surface area contributed by atoms with Crippen LogP contribution in [0.3, 0.4) is 0 Å². The molecule has 0 atom stereocenters. The highest BCUT2D eigenvalue weighted by Gasteiger charge is 2.10. The zero-order valence-electron chi connectivity index (χ0n) is 7.19. The Hall–Kier alpha value is -1.71. The molecule has 0 bridgehead atoms. The summed E-state index contributed by atoms with van der Waals surface area (Å²) in [6.45, 7) is 1.11. The van der Waals surface area contributed by atoms with E-state index in [-0.39, 0.29) is 12.3 Å². The summed E-state index contributed by atoms with van der Waals surface area (Å²) in [5.74, 6) is -0.141. The standard InChI is InChI=1S/C9H9NO3/c1-7(11)9-5-3-2-4-8(9)6-10(12)13/h2-5H,6H2,1H3. The maximum atomic E-state index is 11.0. The van der Waals surface area contributed by atoms with Crippen LogP contribution in [0.5, 0.6) is 0 Å². The number of carbonyl (C=O) groups is 1. The molecule has 0 aliphatic carbocycles. The molecule has 0 aliphatic heterocycles. The average Bonchev–Trinajstić information content (AvgIpc) is 2.03. The van der Waals surface area contributed by atoms with Crippen LogP contribution in [0.1, 0.15) is 22.8 Å². The van der Waals surface area contributed by atoms with Crippen molar-refractivity contribution in [2.24, 2.45) is 0 Å². The molecule has 13 heavy (non-hydrogen) atoms. The highest BCUT2D eigenvalue weighted by atomic mass is 16.6. The summed E-state index contributed by atoms with van der Waals surface area (Å²) in [5, 5.41) is 10.2. The van der Waals surface area contributed by atoms with Crippen molar-refractivity contribution in [3.63, 3.8) is 0 Å². The molecule has 68 valence electrons. The van der Waals surface area contributed by atoms with Crippen LogP contribution < -0.4 is 0 Å². The van der Waals surface area contributed by atoms with Gasteiger partial charge in [0, 0.05) is 16.1 Å². The van der Waals surface area contributed by atoms with Crippen LogP contribution in [0.4, 0.5) is 0 Å². The Morgan fingerprint density at radius 3 is 2.62 bits per heavy atom. The van der Waals surface area contributed by atoms with Crippen LogP contribution in [0.25, 0.3) is 0 Å². The quantitative estimate of drug-likeness (QED) is 0.402. The lowest BCUT2D eigenvalue weighted by Crippen LogP contribution is -2.04. The van der Waals surface area contributed by atoms with Crippen molar-refractivity contribution in [1.29, 1.82) is 0 Å². The Morgan fingerprint density at radius 2 is 2.08 bits per heavy atom. The number of benzene rings is 1. The van der Waals surface area contributed by atoms with Crippen molar-refractivity contribution >= 4 is 5.78 Å². The van der Waals surface area contributed by atoms with E-state index in [2.05, 4.69) is 0 Å². The highest BCUT2D eigenvalue weighted by molar-refractivity contribution is 5.95. The van der Waals surface area contributed by atoms with E-state index in [1.165, 1.54) is 6.92 Å². The lowest BCUT2D eigenvalue weighted by Gasteiger charge is -2.00. The number of hydrogen-bond acceptors (Lipinski definition) is 3. The van der Waals surface area contributed by atoms with Crippen molar-refractivity contribution in [2.75, 3.05) is 0 Å². The Bertz CT molecular complexity index is 346. The number of nitrogens with zero attached hydrogens (tertiary/aromatic N) is 1. The first-order valence-electron chi connectivity index (χ1n) is 3.82. The first-order chi connectivity index (χ1) is 6.11. The number of carbonyl (C=O) groups excluding carboxylic acids is 1. The van der Waals surface area contributed by atoms with Crippen LogP contribution >= 0.6 is 0 Å². The second-order valence-corrected chi connectivity index (χ2v) is 2.70. The summed E-state index contributed by atoms with van der Waals surface area (Å²) in [6, 6.07) is 6.58. The fourth-order valence-corrected chi connectivity index (χ4v) is 1.14. The van der Waals surface area contributed by atoms with Gasteiger partial charge in [-0.05, 0) is 6.92 Å². The van der Waals surface area contributed by atoms with E-state index in [9.17, 15) is 14.9 Å². The second kappa shape index (κ2) is 3.80. The summed E-state index contributed by atoms with van der Waals surface area (Å²) < 4.78 is 0. The minimum Gasteiger partial charge on any atom is -0.294 e. The molecule has 0 fully saturated rings. The smallest absolute Gasteiger partial charge is 0.229 e. The van der Waals surface area contributed by atoms with E-state index in [4.69, 9.17) is 0 Å². The monoisotopic (exact) mass is 179 g/mol. The van der Waals surface area contributed by atoms with Crippen LogP contribution in [-0.2, 0) is 6.54 Å². The van der Waals surface area contributed by atoms with E-state index in [1.807, 2.05) is 0 Å². The van der Waals surface area contributed by atoms with Gasteiger partial charge in [-0.1, -0.05) is 24.3 Å². The molecule has 1 aromatic carbocycles. The topological polar surface area (TPSA) is 60.2 Å². The first kappa shape index (κ1) is 9.38. The predicted octanol–water partition coefficient (Wildman–Crippen LogP) is 1.67. The number of Topliss-reactive ketones (excluding diaryl/α,β-unsaturated/α-hetero) is 1. The number of rotatable bonds is 3. The fourth-order valence-electron chi connectivity index (χ4n) is 1.14. The van der Waals surface area contributed by atoms with Crippen LogP contribution in [0, 0.1) is 10.1 Å². The molecule has 0 spiro atoms. The lowest BCUT2D eigenvalue weighted by atomic mass is 10.0. The zero-order chi connectivity index (χ0) is 9.84. The van der Waals surface area contributed by atoms with Crippen LogP contribution in [-0.4, -0.2) is 10.7 Å². The lowest BCUT2D eigenvalue weighted by molar-refractivity contribution is -0.496. The van der Waals surface area contributed by atoms with Gasteiger partial charge in [0.1, 0.15) is 0 Å². The Kier molecular flexibility index (Phi) is 2.74.